The molecule has 0 spiro atoms. The lowest BCUT2D eigenvalue weighted by molar-refractivity contribution is -0.134. The van der Waals surface area contributed by atoms with Crippen LogP contribution in [0.1, 0.15) is 5.56 Å². The quantitative estimate of drug-likeness (QED) is 0.605. The highest BCUT2D eigenvalue weighted by molar-refractivity contribution is 6.38. The number of anilines is 1. The number of hydrogen-bond acceptors (Lipinski definition) is 5. The first-order chi connectivity index (χ1) is 9.17. The van der Waals surface area contributed by atoms with E-state index in [1.807, 2.05) is 13.1 Å². The van der Waals surface area contributed by atoms with Gasteiger partial charge in [-0.2, -0.15) is 0 Å². The van der Waals surface area contributed by atoms with Crippen molar-refractivity contribution >= 4 is 23.8 Å². The van der Waals surface area contributed by atoms with Crippen LogP contribution < -0.4 is 15.0 Å². The number of benzene rings is 1. The summed E-state index contributed by atoms with van der Waals surface area (Å²) in [4.78, 5) is 34.7. The second kappa shape index (κ2) is 5.62. The Morgan fingerprint density at radius 2 is 2.32 bits per heavy atom. The Morgan fingerprint density at radius 1 is 1.53 bits per heavy atom. The standard InChI is InChI=1S/C13H14N2O4/c1-14-5-4-9-2-3-11-10(6-9)15(12(17)7-16)13(18)8-19-11/h2-3,6-7,14H,4-5,8H2,1H3. The lowest BCUT2D eigenvalue weighted by atomic mass is 10.1. The maximum Gasteiger partial charge on any atom is 0.298 e. The zero-order chi connectivity index (χ0) is 13.8. The maximum atomic E-state index is 11.7. The smallest absolute Gasteiger partial charge is 0.298 e. The van der Waals surface area contributed by atoms with E-state index < -0.39 is 11.8 Å². The highest BCUT2D eigenvalue weighted by Crippen LogP contribution is 2.33. The Morgan fingerprint density at radius 3 is 3.00 bits per heavy atom. The number of likely N-dealkylation sites (N-methyl/N-ethyl adjacent to an activating group) is 1. The van der Waals surface area contributed by atoms with Crippen LogP contribution in [-0.4, -0.2) is 38.3 Å². The molecule has 6 heteroatoms. The van der Waals surface area contributed by atoms with E-state index in [1.165, 1.54) is 0 Å². The molecule has 19 heavy (non-hydrogen) atoms. The summed E-state index contributed by atoms with van der Waals surface area (Å²) in [5.74, 6) is -0.973. The van der Waals surface area contributed by atoms with Gasteiger partial charge in [0.25, 0.3) is 11.8 Å². The third kappa shape index (κ3) is 2.63. The van der Waals surface area contributed by atoms with Gasteiger partial charge in [-0.05, 0) is 37.7 Å². The minimum Gasteiger partial charge on any atom is -0.482 e. The third-order valence-electron chi connectivity index (χ3n) is 2.85. The van der Waals surface area contributed by atoms with Gasteiger partial charge in [-0.1, -0.05) is 6.07 Å². The monoisotopic (exact) mass is 262 g/mol. The average molecular weight is 262 g/mol. The van der Waals surface area contributed by atoms with E-state index in [4.69, 9.17) is 4.74 Å². The number of carbonyl (C=O) groups excluding carboxylic acids is 3. The molecule has 0 saturated carbocycles. The maximum absolute atomic E-state index is 11.7. The van der Waals surface area contributed by atoms with E-state index in [1.54, 1.807) is 12.1 Å². The number of imide groups is 1. The molecule has 2 amide bonds. The summed E-state index contributed by atoms with van der Waals surface area (Å²) in [5, 5.41) is 3.02. The van der Waals surface area contributed by atoms with Gasteiger partial charge in [0, 0.05) is 0 Å². The number of nitrogens with one attached hydrogen (secondary N) is 1. The Labute approximate surface area is 110 Å². The van der Waals surface area contributed by atoms with Gasteiger partial charge in [-0.3, -0.25) is 14.4 Å². The first-order valence-corrected chi connectivity index (χ1v) is 5.89. The van der Waals surface area contributed by atoms with Crippen LogP contribution in [0.4, 0.5) is 5.69 Å². The Hall–Kier alpha value is -2.21. The summed E-state index contributed by atoms with van der Waals surface area (Å²) in [6, 6.07) is 5.28. The van der Waals surface area contributed by atoms with Crippen LogP contribution in [0, 0.1) is 0 Å². The Balaban J connectivity index is 2.38. The Bertz CT molecular complexity index is 527. The van der Waals surface area contributed by atoms with Crippen molar-refractivity contribution in [1.29, 1.82) is 0 Å². The van der Waals surface area contributed by atoms with Gasteiger partial charge in [-0.15, -0.1) is 0 Å². The molecule has 0 bridgehead atoms. The fourth-order valence-corrected chi connectivity index (χ4v) is 1.92. The summed E-state index contributed by atoms with van der Waals surface area (Å²) in [6.45, 7) is 0.539. The molecule has 0 aliphatic carbocycles. The molecule has 0 radical (unpaired) electrons. The van der Waals surface area contributed by atoms with Crippen molar-refractivity contribution in [3.8, 4) is 5.75 Å². The first-order valence-electron chi connectivity index (χ1n) is 5.89. The van der Waals surface area contributed by atoms with Crippen molar-refractivity contribution in [2.24, 2.45) is 0 Å². The topological polar surface area (TPSA) is 75.7 Å². The Kier molecular flexibility index (Phi) is 3.91. The summed E-state index contributed by atoms with van der Waals surface area (Å²) in [7, 11) is 1.84. The van der Waals surface area contributed by atoms with Gasteiger partial charge in [-0.25, -0.2) is 4.90 Å². The average Bonchev–Trinajstić information content (AvgIpc) is 2.44. The highest BCUT2D eigenvalue weighted by atomic mass is 16.5. The zero-order valence-corrected chi connectivity index (χ0v) is 10.5. The second-order valence-electron chi connectivity index (χ2n) is 4.13. The number of rotatable bonds is 4. The summed E-state index contributed by atoms with van der Waals surface area (Å²) in [5.41, 5.74) is 1.29. The molecule has 1 aromatic rings. The van der Waals surface area contributed by atoms with Crippen molar-refractivity contribution in [2.75, 3.05) is 25.1 Å². The predicted octanol–water partition coefficient (Wildman–Crippen LogP) is -0.101. The van der Waals surface area contributed by atoms with Gasteiger partial charge >= 0.3 is 0 Å². The van der Waals surface area contributed by atoms with E-state index in [-0.39, 0.29) is 12.9 Å². The first kappa shape index (κ1) is 13.2. The molecule has 0 aromatic heterocycles. The lowest BCUT2D eigenvalue weighted by Crippen LogP contribution is -2.43. The van der Waals surface area contributed by atoms with Crippen LogP contribution in [0.5, 0.6) is 5.75 Å². The lowest BCUT2D eigenvalue weighted by Gasteiger charge is -2.26. The molecule has 0 fully saturated rings. The molecule has 1 aliphatic heterocycles. The fourth-order valence-electron chi connectivity index (χ4n) is 1.92. The number of hydrogen-bond donors (Lipinski definition) is 1. The highest BCUT2D eigenvalue weighted by Gasteiger charge is 2.30. The van der Waals surface area contributed by atoms with Gasteiger partial charge in [0.05, 0.1) is 5.69 Å². The molecule has 1 N–H and O–H groups in total. The van der Waals surface area contributed by atoms with Crippen molar-refractivity contribution in [3.63, 3.8) is 0 Å². The molecule has 1 aliphatic rings. The molecule has 0 saturated heterocycles. The van der Waals surface area contributed by atoms with Crippen molar-refractivity contribution in [3.05, 3.63) is 23.8 Å². The number of nitrogens with zero attached hydrogens (tertiary/aromatic N) is 1. The number of aldehydes is 1. The van der Waals surface area contributed by atoms with Crippen molar-refractivity contribution < 1.29 is 19.1 Å². The molecule has 1 aromatic carbocycles. The number of amides is 2. The second-order valence-corrected chi connectivity index (χ2v) is 4.13. The molecule has 1 heterocycles. The van der Waals surface area contributed by atoms with Gasteiger partial charge in [0.15, 0.2) is 6.61 Å². The molecule has 0 unspecified atom stereocenters. The molecule has 6 nitrogen and oxygen atoms in total. The predicted molar refractivity (Wildman–Crippen MR) is 68.1 cm³/mol. The van der Waals surface area contributed by atoms with Crippen molar-refractivity contribution in [1.82, 2.24) is 5.32 Å². The molecule has 100 valence electrons. The summed E-state index contributed by atoms with van der Waals surface area (Å²) >= 11 is 0. The fraction of sp³-hybridized carbons (Fsp3) is 0.308. The minimum atomic E-state index is -0.875. The molecular formula is C13H14N2O4. The van der Waals surface area contributed by atoms with Crippen LogP contribution in [0.25, 0.3) is 0 Å². The van der Waals surface area contributed by atoms with Crippen LogP contribution in [-0.2, 0) is 20.8 Å². The number of ether oxygens (including phenoxy) is 1. The number of fused-ring (bicyclic) bond motifs is 1. The van der Waals surface area contributed by atoms with Crippen molar-refractivity contribution in [2.45, 2.75) is 6.42 Å². The van der Waals surface area contributed by atoms with Gasteiger partial charge < -0.3 is 10.1 Å². The number of carbonyl (C=O) groups is 3. The van der Waals surface area contributed by atoms with E-state index in [0.29, 0.717) is 11.4 Å². The zero-order valence-electron chi connectivity index (χ0n) is 10.5. The summed E-state index contributed by atoms with van der Waals surface area (Å²) in [6.07, 6.45) is 0.883. The largest absolute Gasteiger partial charge is 0.482 e. The van der Waals surface area contributed by atoms with Crippen LogP contribution >= 0.6 is 0 Å². The molecular weight excluding hydrogens is 248 g/mol. The summed E-state index contributed by atoms with van der Waals surface area (Å²) < 4.78 is 5.25. The van der Waals surface area contributed by atoms with E-state index in [9.17, 15) is 14.4 Å². The minimum absolute atomic E-state index is 0.132. The van der Waals surface area contributed by atoms with Gasteiger partial charge in [0.1, 0.15) is 5.75 Å². The third-order valence-corrected chi connectivity index (χ3v) is 2.85. The molecule has 0 atom stereocenters. The van der Waals surface area contributed by atoms with E-state index in [2.05, 4.69) is 5.32 Å². The van der Waals surface area contributed by atoms with E-state index in [0.717, 1.165) is 23.4 Å². The normalized spacial score (nSPS) is 13.7. The van der Waals surface area contributed by atoms with E-state index >= 15 is 0 Å². The van der Waals surface area contributed by atoms with Crippen LogP contribution in [0.3, 0.4) is 0 Å². The van der Waals surface area contributed by atoms with Crippen LogP contribution in [0.15, 0.2) is 18.2 Å². The van der Waals surface area contributed by atoms with Crippen LogP contribution in [0.2, 0.25) is 0 Å². The SMILES string of the molecule is CNCCc1ccc2c(c1)N(C(=O)C=O)C(=O)CO2. The van der Waals surface area contributed by atoms with Gasteiger partial charge in [0.2, 0.25) is 6.29 Å². The molecule has 2 rings (SSSR count).